The molecule has 1 atom stereocenters. The highest BCUT2D eigenvalue weighted by atomic mass is 32.1. The van der Waals surface area contributed by atoms with Gasteiger partial charge in [0.2, 0.25) is 0 Å². The first-order chi connectivity index (χ1) is 14.7. The van der Waals surface area contributed by atoms with Crippen molar-refractivity contribution in [1.29, 1.82) is 0 Å². The molecule has 6 heteroatoms. The zero-order valence-corrected chi connectivity index (χ0v) is 18.1. The van der Waals surface area contributed by atoms with Crippen LogP contribution in [0, 0.1) is 0 Å². The number of amides is 1. The van der Waals surface area contributed by atoms with Crippen LogP contribution in [0.25, 0.3) is 0 Å². The summed E-state index contributed by atoms with van der Waals surface area (Å²) in [4.78, 5) is 16.6. The lowest BCUT2D eigenvalue weighted by molar-refractivity contribution is 0.0928. The average Bonchev–Trinajstić information content (AvgIpc) is 3.33. The highest BCUT2D eigenvalue weighted by Gasteiger charge is 2.26. The van der Waals surface area contributed by atoms with Crippen LogP contribution in [0.15, 0.2) is 60.0 Å². The Morgan fingerprint density at radius 1 is 1.07 bits per heavy atom. The monoisotopic (exact) mass is 422 g/mol. The second kappa shape index (κ2) is 9.32. The van der Waals surface area contributed by atoms with E-state index in [0.29, 0.717) is 23.6 Å². The third-order valence-electron chi connectivity index (χ3n) is 5.57. The second-order valence-electron chi connectivity index (χ2n) is 7.30. The molecule has 0 bridgehead atoms. The van der Waals surface area contributed by atoms with E-state index in [9.17, 15) is 4.79 Å². The van der Waals surface area contributed by atoms with Crippen LogP contribution < -0.4 is 14.8 Å². The maximum Gasteiger partial charge on any atom is 0.251 e. The van der Waals surface area contributed by atoms with Gasteiger partial charge in [-0.25, -0.2) is 0 Å². The van der Waals surface area contributed by atoms with Gasteiger partial charge in [0.1, 0.15) is 0 Å². The molecule has 0 spiro atoms. The number of fused-ring (bicyclic) bond motifs is 1. The van der Waals surface area contributed by atoms with E-state index in [-0.39, 0.29) is 11.9 Å². The van der Waals surface area contributed by atoms with E-state index in [1.54, 1.807) is 43.8 Å². The van der Waals surface area contributed by atoms with Crippen LogP contribution in [-0.4, -0.2) is 38.1 Å². The highest BCUT2D eigenvalue weighted by molar-refractivity contribution is 7.10. The summed E-state index contributed by atoms with van der Waals surface area (Å²) in [5.41, 5.74) is 3.35. The minimum absolute atomic E-state index is 0.116. The van der Waals surface area contributed by atoms with Crippen molar-refractivity contribution in [3.05, 3.63) is 81.5 Å². The van der Waals surface area contributed by atoms with E-state index in [1.165, 1.54) is 16.0 Å². The summed E-state index contributed by atoms with van der Waals surface area (Å²) in [7, 11) is 3.15. The van der Waals surface area contributed by atoms with Crippen LogP contribution in [0.3, 0.4) is 0 Å². The summed E-state index contributed by atoms with van der Waals surface area (Å²) in [6, 6.07) is 18.2. The Morgan fingerprint density at radius 2 is 1.87 bits per heavy atom. The smallest absolute Gasteiger partial charge is 0.251 e. The van der Waals surface area contributed by atoms with Crippen molar-refractivity contribution >= 4 is 17.2 Å². The number of benzene rings is 2. The molecule has 5 nitrogen and oxygen atoms in total. The Labute approximate surface area is 181 Å². The molecule has 1 aromatic heterocycles. The molecular weight excluding hydrogens is 396 g/mol. The van der Waals surface area contributed by atoms with Crippen LogP contribution in [0.5, 0.6) is 11.5 Å². The van der Waals surface area contributed by atoms with Gasteiger partial charge in [-0.2, -0.15) is 0 Å². The number of carbonyl (C=O) groups excluding carboxylic acids is 1. The molecule has 0 aliphatic carbocycles. The van der Waals surface area contributed by atoms with Gasteiger partial charge in [-0.15, -0.1) is 11.3 Å². The van der Waals surface area contributed by atoms with Gasteiger partial charge >= 0.3 is 0 Å². The molecular formula is C24H26N2O3S. The summed E-state index contributed by atoms with van der Waals surface area (Å²) in [6.07, 6.45) is 1.03. The van der Waals surface area contributed by atoms with Crippen LogP contribution in [0.1, 0.15) is 32.4 Å². The van der Waals surface area contributed by atoms with E-state index in [0.717, 1.165) is 19.5 Å². The van der Waals surface area contributed by atoms with Crippen molar-refractivity contribution in [2.45, 2.75) is 19.0 Å². The molecule has 0 fully saturated rings. The van der Waals surface area contributed by atoms with Gasteiger partial charge < -0.3 is 14.8 Å². The van der Waals surface area contributed by atoms with E-state index in [1.807, 2.05) is 0 Å². The zero-order valence-electron chi connectivity index (χ0n) is 17.3. The van der Waals surface area contributed by atoms with Crippen molar-refractivity contribution in [3.63, 3.8) is 0 Å². The fourth-order valence-corrected chi connectivity index (χ4v) is 4.80. The third-order valence-corrected chi connectivity index (χ3v) is 6.55. The van der Waals surface area contributed by atoms with Crippen molar-refractivity contribution < 1.29 is 14.3 Å². The summed E-state index contributed by atoms with van der Waals surface area (Å²) >= 11 is 1.73. The molecule has 0 radical (unpaired) electrons. The van der Waals surface area contributed by atoms with Crippen LogP contribution in [0.4, 0.5) is 0 Å². The number of hydrogen-bond acceptors (Lipinski definition) is 5. The second-order valence-corrected chi connectivity index (χ2v) is 8.28. The molecule has 30 heavy (non-hydrogen) atoms. The minimum atomic E-state index is -0.116. The van der Waals surface area contributed by atoms with Crippen molar-refractivity contribution in [3.8, 4) is 11.5 Å². The summed E-state index contributed by atoms with van der Waals surface area (Å²) < 4.78 is 10.6. The molecule has 0 saturated carbocycles. The molecule has 2 aromatic carbocycles. The molecule has 1 amide bonds. The lowest BCUT2D eigenvalue weighted by Crippen LogP contribution is -2.40. The molecule has 0 unspecified atom stereocenters. The number of hydrogen-bond donors (Lipinski definition) is 1. The van der Waals surface area contributed by atoms with Gasteiger partial charge in [0, 0.05) is 30.1 Å². The van der Waals surface area contributed by atoms with Crippen LogP contribution >= 0.6 is 11.3 Å². The number of carbonyl (C=O) groups is 1. The molecule has 0 saturated heterocycles. The Bertz CT molecular complexity index is 1000. The summed E-state index contributed by atoms with van der Waals surface area (Å²) in [5.74, 6) is 1.04. The normalized spacial score (nSPS) is 14.6. The molecule has 4 rings (SSSR count). The fraction of sp³-hybridized carbons (Fsp3) is 0.292. The number of methoxy groups -OCH3 is 2. The molecule has 2 heterocycles. The fourth-order valence-electron chi connectivity index (χ4n) is 3.94. The topological polar surface area (TPSA) is 50.8 Å². The maximum absolute atomic E-state index is 12.8. The van der Waals surface area contributed by atoms with Gasteiger partial charge in [-0.05, 0) is 47.2 Å². The minimum Gasteiger partial charge on any atom is -0.493 e. The number of nitrogens with one attached hydrogen (secondary N) is 1. The van der Waals surface area contributed by atoms with Crippen molar-refractivity contribution in [1.82, 2.24) is 10.2 Å². The van der Waals surface area contributed by atoms with E-state index >= 15 is 0 Å². The average molecular weight is 423 g/mol. The van der Waals surface area contributed by atoms with E-state index in [4.69, 9.17) is 9.47 Å². The predicted molar refractivity (Wildman–Crippen MR) is 119 cm³/mol. The first kappa shape index (κ1) is 20.4. The Kier molecular flexibility index (Phi) is 6.35. The molecule has 1 aliphatic heterocycles. The number of thiophene rings is 1. The highest BCUT2D eigenvalue weighted by Crippen LogP contribution is 2.31. The molecule has 1 aliphatic rings. The molecule has 1 N–H and O–H groups in total. The Morgan fingerprint density at radius 3 is 2.60 bits per heavy atom. The molecule has 3 aromatic rings. The standard InChI is InChI=1S/C24H26N2O3S/c1-28-21-10-9-18(14-22(21)29-2)24(27)25-15-20(23-8-5-13-30-23)26-12-11-17-6-3-4-7-19(17)16-26/h3-10,13-14,20H,11-12,15-16H2,1-2H3,(H,25,27)/t20-/m1/s1. The van der Waals surface area contributed by atoms with Crippen molar-refractivity contribution in [2.75, 3.05) is 27.3 Å². The Balaban J connectivity index is 1.49. The van der Waals surface area contributed by atoms with E-state index < -0.39 is 0 Å². The lowest BCUT2D eigenvalue weighted by atomic mass is 9.98. The first-order valence-corrected chi connectivity index (χ1v) is 10.9. The van der Waals surface area contributed by atoms with Crippen LogP contribution in [0.2, 0.25) is 0 Å². The predicted octanol–water partition coefficient (Wildman–Crippen LogP) is 4.29. The van der Waals surface area contributed by atoms with E-state index in [2.05, 4.69) is 52.0 Å². The summed E-state index contributed by atoms with van der Waals surface area (Å²) in [5, 5.41) is 5.22. The lowest BCUT2D eigenvalue weighted by Gasteiger charge is -2.35. The first-order valence-electron chi connectivity index (χ1n) is 10.0. The number of nitrogens with zero attached hydrogens (tertiary/aromatic N) is 1. The Hall–Kier alpha value is -2.83. The largest absolute Gasteiger partial charge is 0.493 e. The van der Waals surface area contributed by atoms with Gasteiger partial charge in [0.05, 0.1) is 20.3 Å². The van der Waals surface area contributed by atoms with Crippen LogP contribution in [-0.2, 0) is 13.0 Å². The SMILES string of the molecule is COc1ccc(C(=O)NC[C@H](c2cccs2)N2CCc3ccccc3C2)cc1OC. The third kappa shape index (κ3) is 4.35. The molecule has 156 valence electrons. The maximum atomic E-state index is 12.8. The number of rotatable bonds is 7. The van der Waals surface area contributed by atoms with Gasteiger partial charge in [0.15, 0.2) is 11.5 Å². The van der Waals surface area contributed by atoms with Gasteiger partial charge in [-0.1, -0.05) is 30.3 Å². The quantitative estimate of drug-likeness (QED) is 0.617. The van der Waals surface area contributed by atoms with Gasteiger partial charge in [0.25, 0.3) is 5.91 Å². The zero-order chi connectivity index (χ0) is 20.9. The summed E-state index contributed by atoms with van der Waals surface area (Å²) in [6.45, 7) is 2.42. The van der Waals surface area contributed by atoms with Gasteiger partial charge in [-0.3, -0.25) is 9.69 Å². The van der Waals surface area contributed by atoms with Crippen molar-refractivity contribution in [2.24, 2.45) is 0 Å². The number of ether oxygens (including phenoxy) is 2.